The minimum Gasteiger partial charge on any atom is -0.414 e. The average molecular weight is 511 g/mol. The summed E-state index contributed by atoms with van der Waals surface area (Å²) in [7, 11) is -1.72. The zero-order valence-corrected chi connectivity index (χ0v) is 26.7. The average Bonchev–Trinajstić information content (AvgIpc) is 3.13. The van der Waals surface area contributed by atoms with Crippen LogP contribution in [0.1, 0.15) is 107 Å². The smallest absolute Gasteiger partial charge is 0.192 e. The molecule has 204 valence electrons. The lowest BCUT2D eigenvalue weighted by Gasteiger charge is -2.55. The first-order valence-electron chi connectivity index (χ1n) is 15.4. The van der Waals surface area contributed by atoms with Crippen LogP contribution >= 0.6 is 0 Å². The third-order valence-corrected chi connectivity index (χ3v) is 16.8. The van der Waals surface area contributed by atoms with Crippen LogP contribution in [0.15, 0.2) is 35.5 Å². The van der Waals surface area contributed by atoms with Crippen molar-refractivity contribution in [2.24, 2.45) is 46.3 Å². The highest BCUT2D eigenvalue weighted by Gasteiger charge is 2.57. The molecule has 0 spiro atoms. The molecule has 0 amide bonds. The maximum Gasteiger partial charge on any atom is 0.192 e. The van der Waals surface area contributed by atoms with Gasteiger partial charge in [0.25, 0.3) is 0 Å². The first kappa shape index (κ1) is 28.4. The van der Waals surface area contributed by atoms with Crippen LogP contribution in [-0.2, 0) is 4.43 Å². The lowest BCUT2D eigenvalue weighted by Crippen LogP contribution is -2.49. The van der Waals surface area contributed by atoms with E-state index in [0.717, 1.165) is 30.1 Å². The number of hydrogen-bond acceptors (Lipinski definition) is 1. The Labute approximate surface area is 225 Å². The predicted octanol–water partition coefficient (Wildman–Crippen LogP) is 10.4. The van der Waals surface area contributed by atoms with E-state index in [1.54, 1.807) is 5.57 Å². The van der Waals surface area contributed by atoms with Gasteiger partial charge in [-0.1, -0.05) is 97.8 Å². The van der Waals surface area contributed by atoms with E-state index in [1.165, 1.54) is 38.5 Å². The van der Waals surface area contributed by atoms with Gasteiger partial charge in [-0.15, -0.1) is 0 Å². The highest BCUT2D eigenvalue weighted by Crippen LogP contribution is 2.66. The summed E-state index contributed by atoms with van der Waals surface area (Å²) >= 11 is 0. The van der Waals surface area contributed by atoms with Crippen molar-refractivity contribution < 1.29 is 4.43 Å². The molecule has 3 fully saturated rings. The van der Waals surface area contributed by atoms with E-state index in [4.69, 9.17) is 4.43 Å². The largest absolute Gasteiger partial charge is 0.414 e. The Morgan fingerprint density at radius 2 is 1.61 bits per heavy atom. The van der Waals surface area contributed by atoms with Crippen molar-refractivity contribution in [3.05, 3.63) is 35.5 Å². The third kappa shape index (κ3) is 4.92. The van der Waals surface area contributed by atoms with Crippen molar-refractivity contribution in [2.75, 3.05) is 0 Å². The van der Waals surface area contributed by atoms with Gasteiger partial charge in [-0.05, 0) is 109 Å². The molecule has 0 heterocycles. The zero-order chi connectivity index (χ0) is 26.7. The Morgan fingerprint density at radius 3 is 2.25 bits per heavy atom. The molecule has 0 radical (unpaired) electrons. The maximum atomic E-state index is 6.92. The molecule has 0 aromatic carbocycles. The van der Waals surface area contributed by atoms with Crippen LogP contribution < -0.4 is 0 Å². The standard InChI is InChI=1S/C34H58OSi/c1-23(2)24(3)12-13-25(4)29-16-17-30-28-15-14-26-22-27(35-36(10,11)32(5,6)7)18-20-33(26,8)31(28)19-21-34(29,30)9/h12-15,23-25,27,29-31H,16-22H2,1-11H3/b13-12+/t24-,25+,27-,29-,30+,31-,33-,34+/m0/s1. The van der Waals surface area contributed by atoms with Gasteiger partial charge in [0.2, 0.25) is 0 Å². The summed E-state index contributed by atoms with van der Waals surface area (Å²) in [5.41, 5.74) is 4.35. The molecule has 0 N–H and O–H groups in total. The van der Waals surface area contributed by atoms with Crippen LogP contribution in [0, 0.1) is 46.3 Å². The molecule has 4 aliphatic carbocycles. The SMILES string of the molecule is CC(C)[C@@H](C)/C=C/[C@@H](C)[C@@H]1CC[C@@H]2C3=CC=C4C[C@@H](O[Si](C)(C)C(C)(C)C)CC[C@]4(C)[C@H]3CC[C@@]21C. The molecule has 3 saturated carbocycles. The number of hydrogen-bond donors (Lipinski definition) is 0. The summed E-state index contributed by atoms with van der Waals surface area (Å²) in [5, 5.41) is 0.285. The molecule has 36 heavy (non-hydrogen) atoms. The first-order chi connectivity index (χ1) is 16.6. The van der Waals surface area contributed by atoms with Crippen molar-refractivity contribution >= 4 is 8.32 Å². The van der Waals surface area contributed by atoms with Crippen LogP contribution in [0.25, 0.3) is 0 Å². The van der Waals surface area contributed by atoms with E-state index >= 15 is 0 Å². The molecule has 0 unspecified atom stereocenters. The van der Waals surface area contributed by atoms with Crippen LogP contribution in [0.3, 0.4) is 0 Å². The fourth-order valence-electron chi connectivity index (χ4n) is 8.27. The second kappa shape index (κ2) is 9.85. The van der Waals surface area contributed by atoms with E-state index in [-0.39, 0.29) is 5.04 Å². The van der Waals surface area contributed by atoms with Crippen LogP contribution in [0.5, 0.6) is 0 Å². The minimum absolute atomic E-state index is 0.285. The number of allylic oxidation sites excluding steroid dienone is 5. The van der Waals surface area contributed by atoms with Crippen molar-refractivity contribution in [1.82, 2.24) is 0 Å². The van der Waals surface area contributed by atoms with Crippen molar-refractivity contribution in [1.29, 1.82) is 0 Å². The van der Waals surface area contributed by atoms with E-state index in [2.05, 4.69) is 99.7 Å². The Morgan fingerprint density at radius 1 is 0.917 bits per heavy atom. The molecule has 0 aromatic rings. The van der Waals surface area contributed by atoms with Gasteiger partial charge in [-0.3, -0.25) is 0 Å². The molecule has 4 aliphatic rings. The summed E-state index contributed by atoms with van der Waals surface area (Å²) in [4.78, 5) is 0. The molecule has 0 saturated heterocycles. The quantitative estimate of drug-likeness (QED) is 0.255. The molecule has 2 heteroatoms. The lowest BCUT2D eigenvalue weighted by molar-refractivity contribution is 0.0405. The first-order valence-corrected chi connectivity index (χ1v) is 18.3. The fraction of sp³-hybridized carbons (Fsp3) is 0.824. The molecule has 4 rings (SSSR count). The lowest BCUT2D eigenvalue weighted by atomic mass is 9.50. The van der Waals surface area contributed by atoms with Crippen LogP contribution in [-0.4, -0.2) is 14.4 Å². The second-order valence-electron chi connectivity index (χ2n) is 15.7. The molecule has 0 aromatic heterocycles. The van der Waals surface area contributed by atoms with Crippen molar-refractivity contribution in [2.45, 2.75) is 131 Å². The topological polar surface area (TPSA) is 9.23 Å². The molecular formula is C34H58OSi. The summed E-state index contributed by atoms with van der Waals surface area (Å²) < 4.78 is 6.92. The molecule has 8 atom stereocenters. The van der Waals surface area contributed by atoms with Gasteiger partial charge in [0.05, 0.1) is 0 Å². The van der Waals surface area contributed by atoms with E-state index in [1.807, 2.05) is 5.57 Å². The third-order valence-electron chi connectivity index (χ3n) is 12.3. The van der Waals surface area contributed by atoms with Gasteiger partial charge in [0.1, 0.15) is 0 Å². The van der Waals surface area contributed by atoms with Gasteiger partial charge in [0.15, 0.2) is 8.32 Å². The highest BCUT2D eigenvalue weighted by molar-refractivity contribution is 6.74. The van der Waals surface area contributed by atoms with Gasteiger partial charge in [-0.2, -0.15) is 0 Å². The maximum absolute atomic E-state index is 6.92. The minimum atomic E-state index is -1.72. The Balaban J connectivity index is 1.52. The van der Waals surface area contributed by atoms with Gasteiger partial charge in [-0.25, -0.2) is 0 Å². The van der Waals surface area contributed by atoms with Crippen molar-refractivity contribution in [3.8, 4) is 0 Å². The normalized spacial score (nSPS) is 38.8. The Hall–Kier alpha value is -0.603. The number of rotatable bonds is 6. The summed E-state index contributed by atoms with van der Waals surface area (Å²) in [6.07, 6.45) is 20.0. The van der Waals surface area contributed by atoms with Gasteiger partial charge in [0, 0.05) is 6.10 Å². The molecular weight excluding hydrogens is 452 g/mol. The molecule has 0 bridgehead atoms. The predicted molar refractivity (Wildman–Crippen MR) is 160 cm³/mol. The van der Waals surface area contributed by atoms with E-state index in [0.29, 0.717) is 28.8 Å². The Kier molecular flexibility index (Phi) is 7.78. The molecule has 1 nitrogen and oxygen atoms in total. The monoisotopic (exact) mass is 510 g/mol. The highest BCUT2D eigenvalue weighted by atomic mass is 28.4. The van der Waals surface area contributed by atoms with E-state index < -0.39 is 8.32 Å². The summed E-state index contributed by atoms with van der Waals surface area (Å²) in [6.45, 7) is 26.8. The van der Waals surface area contributed by atoms with Crippen molar-refractivity contribution in [3.63, 3.8) is 0 Å². The van der Waals surface area contributed by atoms with E-state index in [9.17, 15) is 0 Å². The van der Waals surface area contributed by atoms with Crippen LogP contribution in [0.4, 0.5) is 0 Å². The van der Waals surface area contributed by atoms with Gasteiger partial charge < -0.3 is 4.43 Å². The van der Waals surface area contributed by atoms with Crippen LogP contribution in [0.2, 0.25) is 18.1 Å². The second-order valence-corrected chi connectivity index (χ2v) is 20.5. The Bertz CT molecular complexity index is 901. The molecule has 0 aliphatic heterocycles. The number of fused-ring (bicyclic) bond motifs is 5. The zero-order valence-electron chi connectivity index (χ0n) is 25.7. The summed E-state index contributed by atoms with van der Waals surface area (Å²) in [5.74, 6) is 4.46. The van der Waals surface area contributed by atoms with Gasteiger partial charge >= 0.3 is 0 Å². The fourth-order valence-corrected chi connectivity index (χ4v) is 9.66. The summed E-state index contributed by atoms with van der Waals surface area (Å²) in [6, 6.07) is 0.